The number of anilines is 1. The van der Waals surface area contributed by atoms with Gasteiger partial charge in [-0.25, -0.2) is 14.6 Å². The number of carbonyl (C=O) groups excluding carboxylic acids is 1. The van der Waals surface area contributed by atoms with Crippen LogP contribution in [0.25, 0.3) is 0 Å². The summed E-state index contributed by atoms with van der Waals surface area (Å²) in [5.74, 6) is -1.65. The third kappa shape index (κ3) is 3.16. The van der Waals surface area contributed by atoms with Crippen LogP contribution in [0.5, 0.6) is 0 Å². The Morgan fingerprint density at radius 3 is 2.86 bits per heavy atom. The second kappa shape index (κ2) is 6.13. The molecule has 1 aromatic rings. The zero-order chi connectivity index (χ0) is 15.6. The number of nitrogens with zero attached hydrogens (tertiary/aromatic N) is 2. The SMILES string of the molecule is CCOC(=O)C1=NN(c2cc(Cl)ccc2C)[C@@H](C(=O)O)C1. The highest BCUT2D eigenvalue weighted by Crippen LogP contribution is 2.30. The topological polar surface area (TPSA) is 79.2 Å². The molecule has 1 aliphatic rings. The molecule has 0 fully saturated rings. The number of hydrogen-bond donors (Lipinski definition) is 1. The lowest BCUT2D eigenvalue weighted by Crippen LogP contribution is -2.34. The second-order valence-corrected chi connectivity index (χ2v) is 5.04. The maximum Gasteiger partial charge on any atom is 0.354 e. The number of esters is 1. The van der Waals surface area contributed by atoms with Gasteiger partial charge >= 0.3 is 11.9 Å². The van der Waals surface area contributed by atoms with Crippen LogP contribution < -0.4 is 5.01 Å². The van der Waals surface area contributed by atoms with Gasteiger partial charge in [-0.15, -0.1) is 0 Å². The Bertz CT molecular complexity index is 615. The van der Waals surface area contributed by atoms with Crippen molar-refractivity contribution in [2.45, 2.75) is 26.3 Å². The number of halogens is 1. The summed E-state index contributed by atoms with van der Waals surface area (Å²) in [6, 6.07) is 4.17. The molecule has 2 rings (SSSR count). The van der Waals surface area contributed by atoms with Crippen molar-refractivity contribution in [1.29, 1.82) is 0 Å². The lowest BCUT2D eigenvalue weighted by atomic mass is 10.1. The largest absolute Gasteiger partial charge is 0.480 e. The van der Waals surface area contributed by atoms with Crippen LogP contribution in [-0.2, 0) is 14.3 Å². The van der Waals surface area contributed by atoms with Gasteiger partial charge in [0.25, 0.3) is 0 Å². The molecule has 1 heterocycles. The van der Waals surface area contributed by atoms with Crippen LogP contribution in [-0.4, -0.2) is 35.4 Å². The van der Waals surface area contributed by atoms with Crippen molar-refractivity contribution in [1.82, 2.24) is 0 Å². The zero-order valence-corrected chi connectivity index (χ0v) is 12.4. The number of rotatable bonds is 4. The van der Waals surface area contributed by atoms with Crippen LogP contribution in [0.2, 0.25) is 5.02 Å². The number of carboxylic acids is 1. The number of benzene rings is 1. The highest BCUT2D eigenvalue weighted by atomic mass is 35.5. The van der Waals surface area contributed by atoms with E-state index in [1.54, 1.807) is 25.1 Å². The van der Waals surface area contributed by atoms with Gasteiger partial charge in [-0.2, -0.15) is 5.10 Å². The first-order valence-electron chi connectivity index (χ1n) is 6.46. The molecule has 1 N–H and O–H groups in total. The molecule has 1 aromatic carbocycles. The third-order valence-corrected chi connectivity index (χ3v) is 3.36. The predicted molar refractivity (Wildman–Crippen MR) is 78.8 cm³/mol. The van der Waals surface area contributed by atoms with Gasteiger partial charge in [0.1, 0.15) is 5.71 Å². The minimum atomic E-state index is -1.06. The molecule has 0 amide bonds. The molecule has 112 valence electrons. The van der Waals surface area contributed by atoms with Gasteiger partial charge in [0.15, 0.2) is 6.04 Å². The molecule has 0 saturated carbocycles. The molecule has 0 aromatic heterocycles. The van der Waals surface area contributed by atoms with Gasteiger partial charge in [0, 0.05) is 11.4 Å². The summed E-state index contributed by atoms with van der Waals surface area (Å²) in [4.78, 5) is 23.2. The number of carbonyl (C=O) groups is 2. The average molecular weight is 311 g/mol. The Kier molecular flexibility index (Phi) is 4.47. The highest BCUT2D eigenvalue weighted by Gasteiger charge is 2.37. The van der Waals surface area contributed by atoms with Crippen molar-refractivity contribution in [3.05, 3.63) is 28.8 Å². The van der Waals surface area contributed by atoms with E-state index in [0.29, 0.717) is 10.7 Å². The fraction of sp³-hybridized carbons (Fsp3) is 0.357. The first-order valence-corrected chi connectivity index (χ1v) is 6.84. The predicted octanol–water partition coefficient (Wildman–Crippen LogP) is 2.23. The Balaban J connectivity index is 2.40. The Hall–Kier alpha value is -2.08. The summed E-state index contributed by atoms with van der Waals surface area (Å²) in [7, 11) is 0. The number of ether oxygens (including phenoxy) is 1. The minimum Gasteiger partial charge on any atom is -0.480 e. The van der Waals surface area contributed by atoms with E-state index < -0.39 is 18.0 Å². The van der Waals surface area contributed by atoms with E-state index in [0.717, 1.165) is 5.56 Å². The summed E-state index contributed by atoms with van der Waals surface area (Å²) in [5.41, 5.74) is 1.48. The Morgan fingerprint density at radius 1 is 1.52 bits per heavy atom. The van der Waals surface area contributed by atoms with E-state index in [-0.39, 0.29) is 18.7 Å². The summed E-state index contributed by atoms with van der Waals surface area (Å²) >= 11 is 5.96. The molecule has 0 radical (unpaired) electrons. The van der Waals surface area contributed by atoms with E-state index in [2.05, 4.69) is 5.10 Å². The van der Waals surface area contributed by atoms with Crippen LogP contribution in [0.3, 0.4) is 0 Å². The van der Waals surface area contributed by atoms with Gasteiger partial charge in [-0.1, -0.05) is 17.7 Å². The minimum absolute atomic E-state index is 0.000119. The molecule has 0 spiro atoms. The van der Waals surface area contributed by atoms with E-state index in [4.69, 9.17) is 16.3 Å². The van der Waals surface area contributed by atoms with E-state index >= 15 is 0 Å². The van der Waals surface area contributed by atoms with Gasteiger partial charge in [-0.05, 0) is 31.5 Å². The molecule has 7 heteroatoms. The second-order valence-electron chi connectivity index (χ2n) is 4.60. The summed E-state index contributed by atoms with van der Waals surface area (Å²) < 4.78 is 4.88. The molecule has 6 nitrogen and oxygen atoms in total. The number of hydrogen-bond acceptors (Lipinski definition) is 5. The number of hydrazone groups is 1. The van der Waals surface area contributed by atoms with Gasteiger partial charge in [0.05, 0.1) is 12.3 Å². The Labute approximate surface area is 127 Å². The van der Waals surface area contributed by atoms with E-state index in [1.165, 1.54) is 5.01 Å². The van der Waals surface area contributed by atoms with Crippen LogP contribution >= 0.6 is 11.6 Å². The monoisotopic (exact) mass is 310 g/mol. The molecule has 0 bridgehead atoms. The number of aryl methyl sites for hydroxylation is 1. The van der Waals surface area contributed by atoms with Crippen molar-refractivity contribution < 1.29 is 19.4 Å². The van der Waals surface area contributed by atoms with Crippen molar-refractivity contribution in [3.63, 3.8) is 0 Å². The van der Waals surface area contributed by atoms with Crippen molar-refractivity contribution in [2.75, 3.05) is 11.6 Å². The first kappa shape index (κ1) is 15.3. The summed E-state index contributed by atoms with van der Waals surface area (Å²) in [6.45, 7) is 3.72. The third-order valence-electron chi connectivity index (χ3n) is 3.12. The molecule has 1 atom stereocenters. The first-order chi connectivity index (χ1) is 9.93. The van der Waals surface area contributed by atoms with E-state index in [1.807, 2.05) is 6.92 Å². The summed E-state index contributed by atoms with van der Waals surface area (Å²) in [6.07, 6.45) is 0.000119. The normalized spacial score (nSPS) is 17.6. The standard InChI is InChI=1S/C14H15ClN2O4/c1-3-21-14(20)10-7-12(13(18)19)17(16-10)11-6-9(15)5-4-8(11)2/h4-6,12H,3,7H2,1-2H3,(H,18,19)/t12-/m1/s1. The smallest absolute Gasteiger partial charge is 0.354 e. The highest BCUT2D eigenvalue weighted by molar-refractivity contribution is 6.38. The van der Waals surface area contributed by atoms with Gasteiger partial charge < -0.3 is 9.84 Å². The lowest BCUT2D eigenvalue weighted by molar-refractivity contribution is -0.138. The van der Waals surface area contributed by atoms with Crippen LogP contribution in [0.1, 0.15) is 18.9 Å². The lowest BCUT2D eigenvalue weighted by Gasteiger charge is -2.22. The molecule has 0 aliphatic carbocycles. The maximum absolute atomic E-state index is 11.7. The van der Waals surface area contributed by atoms with Crippen LogP contribution in [0.4, 0.5) is 5.69 Å². The van der Waals surface area contributed by atoms with Crippen LogP contribution in [0, 0.1) is 6.92 Å². The molecule has 0 unspecified atom stereocenters. The van der Waals surface area contributed by atoms with Gasteiger partial charge in [-0.3, -0.25) is 0 Å². The van der Waals surface area contributed by atoms with Crippen molar-refractivity contribution >= 4 is 34.9 Å². The quantitative estimate of drug-likeness (QED) is 0.863. The molecular weight excluding hydrogens is 296 g/mol. The molecular formula is C14H15ClN2O4. The Morgan fingerprint density at radius 2 is 2.24 bits per heavy atom. The maximum atomic E-state index is 11.7. The summed E-state index contributed by atoms with van der Waals surface area (Å²) in [5, 5.41) is 15.2. The average Bonchev–Trinajstić information content (AvgIpc) is 2.87. The van der Waals surface area contributed by atoms with Crippen LogP contribution in [0.15, 0.2) is 23.3 Å². The molecule has 0 saturated heterocycles. The van der Waals surface area contributed by atoms with E-state index in [9.17, 15) is 14.7 Å². The number of aliphatic carboxylic acids is 1. The number of carboxylic acid groups (broad SMARTS) is 1. The molecule has 1 aliphatic heterocycles. The fourth-order valence-corrected chi connectivity index (χ4v) is 2.26. The zero-order valence-electron chi connectivity index (χ0n) is 11.7. The van der Waals surface area contributed by atoms with Crippen molar-refractivity contribution in [2.24, 2.45) is 5.10 Å². The van der Waals surface area contributed by atoms with Gasteiger partial charge in [0.2, 0.25) is 0 Å². The molecule has 21 heavy (non-hydrogen) atoms. The fourth-order valence-electron chi connectivity index (χ4n) is 2.09. The van der Waals surface area contributed by atoms with Crippen molar-refractivity contribution in [3.8, 4) is 0 Å².